The Morgan fingerprint density at radius 2 is 2.24 bits per heavy atom. The number of nitrogens with one attached hydrogen (secondary N) is 1. The standard InChI is InChI=1S/C10H12N4O3/c11-9(16)2-8(15)10(17)6-1-5-3-13-14-7(5)4-12-6/h1,3-4,8,10,15,17H,2H2,(H2,11,16)(H,13,14). The van der Waals surface area contributed by atoms with Gasteiger partial charge in [0, 0.05) is 5.39 Å². The van der Waals surface area contributed by atoms with E-state index in [4.69, 9.17) is 5.73 Å². The summed E-state index contributed by atoms with van der Waals surface area (Å²) in [4.78, 5) is 14.6. The highest BCUT2D eigenvalue weighted by Gasteiger charge is 2.21. The molecule has 0 aliphatic rings. The van der Waals surface area contributed by atoms with Gasteiger partial charge in [0.05, 0.1) is 36.1 Å². The average Bonchev–Trinajstić information content (AvgIpc) is 2.73. The molecule has 2 aromatic heterocycles. The number of carbonyl (C=O) groups excluding carboxylic acids is 1. The van der Waals surface area contributed by atoms with Gasteiger partial charge in [-0.1, -0.05) is 0 Å². The predicted octanol–water partition coefficient (Wildman–Crippen LogP) is -0.772. The summed E-state index contributed by atoms with van der Waals surface area (Å²) in [6.45, 7) is 0. The van der Waals surface area contributed by atoms with Crippen molar-refractivity contribution in [3.8, 4) is 0 Å². The summed E-state index contributed by atoms with van der Waals surface area (Å²) in [5.74, 6) is -0.680. The number of rotatable bonds is 4. The van der Waals surface area contributed by atoms with E-state index in [2.05, 4.69) is 15.2 Å². The van der Waals surface area contributed by atoms with Crippen LogP contribution in [0.4, 0.5) is 0 Å². The van der Waals surface area contributed by atoms with Crippen LogP contribution in [0.25, 0.3) is 10.9 Å². The van der Waals surface area contributed by atoms with Crippen LogP contribution in [0.3, 0.4) is 0 Å². The third kappa shape index (κ3) is 2.40. The largest absolute Gasteiger partial charge is 0.389 e. The van der Waals surface area contributed by atoms with E-state index in [-0.39, 0.29) is 12.1 Å². The van der Waals surface area contributed by atoms with Crippen LogP contribution in [0.2, 0.25) is 0 Å². The highest BCUT2D eigenvalue weighted by molar-refractivity contribution is 5.77. The molecular formula is C10H12N4O3. The number of primary amides is 1. The van der Waals surface area contributed by atoms with Crippen LogP contribution in [-0.2, 0) is 4.79 Å². The number of aromatic amines is 1. The second-order valence-electron chi connectivity index (χ2n) is 3.75. The van der Waals surface area contributed by atoms with Crippen molar-refractivity contribution in [3.05, 3.63) is 24.2 Å². The minimum Gasteiger partial charge on any atom is -0.389 e. The molecule has 0 radical (unpaired) electrons. The number of hydrogen-bond acceptors (Lipinski definition) is 5. The molecule has 2 atom stereocenters. The first-order valence-corrected chi connectivity index (χ1v) is 5.01. The summed E-state index contributed by atoms with van der Waals surface area (Å²) in [7, 11) is 0. The molecule has 2 rings (SSSR count). The first kappa shape index (κ1) is 11.5. The van der Waals surface area contributed by atoms with Crippen LogP contribution in [0, 0.1) is 0 Å². The smallest absolute Gasteiger partial charge is 0.220 e. The van der Waals surface area contributed by atoms with Crippen LogP contribution >= 0.6 is 0 Å². The van der Waals surface area contributed by atoms with Gasteiger partial charge in [-0.05, 0) is 6.07 Å². The molecule has 2 unspecified atom stereocenters. The number of fused-ring (bicyclic) bond motifs is 1. The lowest BCUT2D eigenvalue weighted by atomic mass is 10.1. The normalized spacial score (nSPS) is 14.7. The number of aliphatic hydroxyl groups excluding tert-OH is 2. The summed E-state index contributed by atoms with van der Waals surface area (Å²) >= 11 is 0. The Morgan fingerprint density at radius 1 is 1.47 bits per heavy atom. The van der Waals surface area contributed by atoms with Crippen molar-refractivity contribution in [2.75, 3.05) is 0 Å². The second kappa shape index (κ2) is 4.48. The molecule has 2 aromatic rings. The number of amides is 1. The molecule has 0 saturated carbocycles. The molecule has 0 bridgehead atoms. The van der Waals surface area contributed by atoms with Crippen LogP contribution in [-0.4, -0.2) is 37.4 Å². The highest BCUT2D eigenvalue weighted by Crippen LogP contribution is 2.20. The van der Waals surface area contributed by atoms with Gasteiger partial charge in [-0.15, -0.1) is 0 Å². The molecule has 17 heavy (non-hydrogen) atoms. The molecule has 1 amide bonds. The van der Waals surface area contributed by atoms with Gasteiger partial charge in [-0.25, -0.2) is 0 Å². The summed E-state index contributed by atoms with van der Waals surface area (Å²) in [6.07, 6.45) is 0.254. The molecule has 7 heteroatoms. The fraction of sp³-hybridized carbons (Fsp3) is 0.300. The van der Waals surface area contributed by atoms with E-state index in [1.165, 1.54) is 6.20 Å². The maximum Gasteiger partial charge on any atom is 0.220 e. The molecule has 0 fully saturated rings. The number of nitrogens with two attached hydrogens (primary N) is 1. The Hall–Kier alpha value is -1.99. The molecule has 90 valence electrons. The molecule has 0 aliphatic heterocycles. The summed E-state index contributed by atoms with van der Waals surface area (Å²) in [6, 6.07) is 1.59. The van der Waals surface area contributed by atoms with E-state index in [1.54, 1.807) is 12.3 Å². The number of aromatic nitrogens is 3. The molecule has 7 nitrogen and oxygen atoms in total. The monoisotopic (exact) mass is 236 g/mol. The van der Waals surface area contributed by atoms with Crippen LogP contribution in [0.5, 0.6) is 0 Å². The van der Waals surface area contributed by atoms with Crippen molar-refractivity contribution < 1.29 is 15.0 Å². The van der Waals surface area contributed by atoms with Crippen molar-refractivity contribution in [2.24, 2.45) is 5.73 Å². The molecule has 0 spiro atoms. The number of carbonyl (C=O) groups is 1. The number of nitrogens with zero attached hydrogens (tertiary/aromatic N) is 2. The number of hydrogen-bond donors (Lipinski definition) is 4. The first-order valence-electron chi connectivity index (χ1n) is 5.01. The van der Waals surface area contributed by atoms with Gasteiger partial charge in [-0.3, -0.25) is 14.9 Å². The van der Waals surface area contributed by atoms with Crippen molar-refractivity contribution in [1.82, 2.24) is 15.2 Å². The maximum atomic E-state index is 10.6. The van der Waals surface area contributed by atoms with Crippen molar-refractivity contribution >= 4 is 16.8 Å². The van der Waals surface area contributed by atoms with Gasteiger partial charge >= 0.3 is 0 Å². The summed E-state index contributed by atoms with van der Waals surface area (Å²) in [5, 5.41) is 26.6. The minimum absolute atomic E-state index is 0.271. The van der Waals surface area contributed by atoms with Gasteiger partial charge in [0.25, 0.3) is 0 Å². The minimum atomic E-state index is -1.26. The Morgan fingerprint density at radius 3 is 2.94 bits per heavy atom. The third-order valence-corrected chi connectivity index (χ3v) is 2.42. The fourth-order valence-corrected chi connectivity index (χ4v) is 1.54. The van der Waals surface area contributed by atoms with Gasteiger partial charge in [-0.2, -0.15) is 5.10 Å². The Bertz CT molecular complexity index is 539. The van der Waals surface area contributed by atoms with Crippen LogP contribution in [0.15, 0.2) is 18.5 Å². The zero-order valence-corrected chi connectivity index (χ0v) is 8.87. The summed E-state index contributed by atoms with van der Waals surface area (Å²) < 4.78 is 0. The first-order chi connectivity index (χ1) is 8.08. The van der Waals surface area contributed by atoms with E-state index in [9.17, 15) is 15.0 Å². The molecule has 5 N–H and O–H groups in total. The molecule has 2 heterocycles. The average molecular weight is 236 g/mol. The van der Waals surface area contributed by atoms with E-state index >= 15 is 0 Å². The van der Waals surface area contributed by atoms with Gasteiger partial charge in [0.1, 0.15) is 6.10 Å². The number of H-pyrrole nitrogens is 1. The Kier molecular flexibility index (Phi) is 3.03. The Labute approximate surface area is 96.3 Å². The van der Waals surface area contributed by atoms with E-state index in [0.717, 1.165) is 10.9 Å². The Balaban J connectivity index is 2.23. The lowest BCUT2D eigenvalue weighted by Crippen LogP contribution is -2.26. The lowest BCUT2D eigenvalue weighted by Gasteiger charge is -2.15. The lowest BCUT2D eigenvalue weighted by molar-refractivity contribution is -0.121. The van der Waals surface area contributed by atoms with E-state index < -0.39 is 18.1 Å². The number of pyridine rings is 1. The highest BCUT2D eigenvalue weighted by atomic mass is 16.3. The third-order valence-electron chi connectivity index (χ3n) is 2.42. The van der Waals surface area contributed by atoms with Gasteiger partial charge in [0.15, 0.2) is 0 Å². The van der Waals surface area contributed by atoms with Crippen molar-refractivity contribution in [3.63, 3.8) is 0 Å². The van der Waals surface area contributed by atoms with Gasteiger partial charge < -0.3 is 15.9 Å². The fourth-order valence-electron chi connectivity index (χ4n) is 1.54. The molecule has 0 aromatic carbocycles. The molecule has 0 saturated heterocycles. The second-order valence-corrected chi connectivity index (χ2v) is 3.75. The zero-order valence-electron chi connectivity index (χ0n) is 8.87. The summed E-state index contributed by atoms with van der Waals surface area (Å²) in [5.41, 5.74) is 5.94. The number of aliphatic hydroxyl groups is 2. The quantitative estimate of drug-likeness (QED) is 0.554. The van der Waals surface area contributed by atoms with E-state index in [1.807, 2.05) is 0 Å². The van der Waals surface area contributed by atoms with Crippen molar-refractivity contribution in [1.29, 1.82) is 0 Å². The van der Waals surface area contributed by atoms with Crippen molar-refractivity contribution in [2.45, 2.75) is 18.6 Å². The molecular weight excluding hydrogens is 224 g/mol. The van der Waals surface area contributed by atoms with Crippen LogP contribution < -0.4 is 5.73 Å². The van der Waals surface area contributed by atoms with Crippen LogP contribution in [0.1, 0.15) is 18.2 Å². The molecule has 0 aliphatic carbocycles. The predicted molar refractivity (Wildman–Crippen MR) is 58.7 cm³/mol. The SMILES string of the molecule is NC(=O)CC(O)C(O)c1cc2cn[nH]c2cn1. The maximum absolute atomic E-state index is 10.6. The zero-order chi connectivity index (χ0) is 12.4. The van der Waals surface area contributed by atoms with E-state index in [0.29, 0.717) is 0 Å². The van der Waals surface area contributed by atoms with Gasteiger partial charge in [0.2, 0.25) is 5.91 Å². The topological polar surface area (TPSA) is 125 Å².